The molecule has 0 saturated heterocycles. The van der Waals surface area contributed by atoms with Gasteiger partial charge in [0.05, 0.1) is 11.4 Å². The van der Waals surface area contributed by atoms with Crippen molar-refractivity contribution in [2.24, 2.45) is 0 Å². The van der Waals surface area contributed by atoms with Gasteiger partial charge < -0.3 is 0 Å². The lowest BCUT2D eigenvalue weighted by Gasteiger charge is -2.06. The maximum Gasteiger partial charge on any atom is 0.138 e. The van der Waals surface area contributed by atoms with Crippen LogP contribution in [0.1, 0.15) is 5.56 Å². The molecule has 0 aliphatic carbocycles. The maximum atomic E-state index is 6.08. The Morgan fingerprint density at radius 2 is 2.10 bits per heavy atom. The van der Waals surface area contributed by atoms with Crippen LogP contribution in [0.3, 0.4) is 0 Å². The van der Waals surface area contributed by atoms with Crippen molar-refractivity contribution >= 4 is 11.6 Å². The van der Waals surface area contributed by atoms with Crippen LogP contribution in [-0.2, 0) is 0 Å². The average molecular weight is 281 g/mol. The van der Waals surface area contributed by atoms with E-state index in [2.05, 4.69) is 21.0 Å². The minimum absolute atomic E-state index is 0.388. The van der Waals surface area contributed by atoms with Crippen LogP contribution in [0.2, 0.25) is 5.15 Å². The van der Waals surface area contributed by atoms with Gasteiger partial charge in [0.25, 0.3) is 0 Å². The molecule has 1 aromatic carbocycles. The second-order valence-corrected chi connectivity index (χ2v) is 4.49. The molecule has 3 aromatic rings. The Kier molecular flexibility index (Phi) is 3.20. The summed E-state index contributed by atoms with van der Waals surface area (Å²) >= 11 is 6.08. The topological polar surface area (TPSA) is 43.6 Å². The van der Waals surface area contributed by atoms with Crippen LogP contribution in [-0.4, -0.2) is 19.7 Å². The highest BCUT2D eigenvalue weighted by Gasteiger charge is 2.06. The molecule has 0 aliphatic heterocycles. The lowest BCUT2D eigenvalue weighted by molar-refractivity contribution is 0.877. The molecule has 0 unspecified atom stereocenters. The number of pyridine rings is 1. The number of benzene rings is 1. The number of hydrogen-bond acceptors (Lipinski definition) is 3. The van der Waals surface area contributed by atoms with Crippen LogP contribution in [0.5, 0.6) is 0 Å². The van der Waals surface area contributed by atoms with E-state index >= 15 is 0 Å². The zero-order valence-electron chi connectivity index (χ0n) is 10.4. The average Bonchev–Trinajstić information content (AvgIpc) is 3.01. The molecular weight excluding hydrogens is 272 g/mol. The van der Waals surface area contributed by atoms with Crippen LogP contribution in [0, 0.1) is 12.3 Å². The van der Waals surface area contributed by atoms with Gasteiger partial charge in [-0.15, -0.1) is 6.42 Å². The minimum atomic E-state index is 0.388. The van der Waals surface area contributed by atoms with Crippen molar-refractivity contribution in [3.8, 4) is 29.3 Å². The summed E-state index contributed by atoms with van der Waals surface area (Å²) in [6.07, 6.45) is 8.48. The lowest BCUT2D eigenvalue weighted by Crippen LogP contribution is -1.96. The molecule has 4 nitrogen and oxygen atoms in total. The molecule has 3 rings (SSSR count). The number of rotatable bonds is 2. The predicted octanol–water partition coefficient (Wildman–Crippen LogP) is 2.96. The summed E-state index contributed by atoms with van der Waals surface area (Å²) in [6, 6.07) is 11.2. The van der Waals surface area contributed by atoms with E-state index in [9.17, 15) is 0 Å². The first-order valence-electron chi connectivity index (χ1n) is 5.86. The number of nitrogens with zero attached hydrogens (tertiary/aromatic N) is 4. The van der Waals surface area contributed by atoms with Gasteiger partial charge in [-0.25, -0.2) is 14.6 Å². The van der Waals surface area contributed by atoms with Crippen molar-refractivity contribution in [2.45, 2.75) is 0 Å². The van der Waals surface area contributed by atoms with Crippen molar-refractivity contribution in [2.75, 3.05) is 0 Å². The molecule has 0 radical (unpaired) electrons. The van der Waals surface area contributed by atoms with E-state index < -0.39 is 0 Å². The first-order chi connectivity index (χ1) is 9.76. The van der Waals surface area contributed by atoms with Crippen LogP contribution in [0.15, 0.2) is 49.1 Å². The third-order valence-corrected chi connectivity index (χ3v) is 2.98. The van der Waals surface area contributed by atoms with E-state index in [0.29, 0.717) is 5.15 Å². The summed E-state index contributed by atoms with van der Waals surface area (Å²) in [7, 11) is 0. The zero-order chi connectivity index (χ0) is 13.9. The van der Waals surface area contributed by atoms with Crippen molar-refractivity contribution in [3.63, 3.8) is 0 Å². The second-order valence-electron chi connectivity index (χ2n) is 4.10. The molecule has 0 saturated carbocycles. The molecule has 0 amide bonds. The quantitative estimate of drug-likeness (QED) is 0.535. The van der Waals surface area contributed by atoms with Gasteiger partial charge in [-0.2, -0.15) is 5.10 Å². The number of aromatic nitrogens is 4. The summed E-state index contributed by atoms with van der Waals surface area (Å²) in [5.41, 5.74) is 3.24. The van der Waals surface area contributed by atoms with Crippen LogP contribution < -0.4 is 0 Å². The van der Waals surface area contributed by atoms with Gasteiger partial charge in [-0.05, 0) is 18.2 Å². The van der Waals surface area contributed by atoms with Crippen LogP contribution >= 0.6 is 11.6 Å². The Morgan fingerprint density at radius 1 is 1.20 bits per heavy atom. The van der Waals surface area contributed by atoms with Crippen molar-refractivity contribution in [1.82, 2.24) is 19.7 Å². The van der Waals surface area contributed by atoms with E-state index in [4.69, 9.17) is 18.0 Å². The first-order valence-corrected chi connectivity index (χ1v) is 6.24. The second kappa shape index (κ2) is 5.16. The number of halogens is 1. The fourth-order valence-electron chi connectivity index (χ4n) is 1.87. The molecular formula is C15H9ClN4. The smallest absolute Gasteiger partial charge is 0.138 e. The van der Waals surface area contributed by atoms with Gasteiger partial charge in [-0.3, -0.25) is 0 Å². The minimum Gasteiger partial charge on any atom is -0.236 e. The third-order valence-electron chi connectivity index (χ3n) is 2.79. The van der Waals surface area contributed by atoms with Crippen molar-refractivity contribution in [3.05, 3.63) is 59.8 Å². The molecule has 96 valence electrons. The molecule has 0 aliphatic rings. The summed E-state index contributed by atoms with van der Waals surface area (Å²) < 4.78 is 1.63. The Morgan fingerprint density at radius 3 is 2.85 bits per heavy atom. The monoisotopic (exact) mass is 280 g/mol. The van der Waals surface area contributed by atoms with Crippen LogP contribution in [0.25, 0.3) is 16.9 Å². The molecule has 0 N–H and O–H groups in total. The lowest BCUT2D eigenvalue weighted by atomic mass is 10.1. The van der Waals surface area contributed by atoms with Gasteiger partial charge in [0.1, 0.15) is 17.8 Å². The summed E-state index contributed by atoms with van der Waals surface area (Å²) in [5, 5.41) is 4.47. The molecule has 20 heavy (non-hydrogen) atoms. The largest absolute Gasteiger partial charge is 0.236 e. The number of hydrogen-bond donors (Lipinski definition) is 0. The molecule has 0 fully saturated rings. The van der Waals surface area contributed by atoms with Gasteiger partial charge in [0, 0.05) is 17.2 Å². The Hall–Kier alpha value is -2.64. The van der Waals surface area contributed by atoms with Gasteiger partial charge in [0.2, 0.25) is 0 Å². The molecule has 2 aromatic heterocycles. The Balaban J connectivity index is 2.12. The predicted molar refractivity (Wildman–Crippen MR) is 77.5 cm³/mol. The van der Waals surface area contributed by atoms with Gasteiger partial charge in [0.15, 0.2) is 0 Å². The molecule has 0 bridgehead atoms. The highest BCUT2D eigenvalue weighted by Crippen LogP contribution is 2.23. The van der Waals surface area contributed by atoms with Crippen molar-refractivity contribution < 1.29 is 0 Å². The third kappa shape index (κ3) is 2.40. The molecule has 0 atom stereocenters. The summed E-state index contributed by atoms with van der Waals surface area (Å²) in [6.45, 7) is 0. The van der Waals surface area contributed by atoms with E-state index in [1.807, 2.05) is 30.3 Å². The summed E-state index contributed by atoms with van der Waals surface area (Å²) in [4.78, 5) is 8.24. The van der Waals surface area contributed by atoms with Crippen molar-refractivity contribution in [1.29, 1.82) is 0 Å². The fraction of sp³-hybridized carbons (Fsp3) is 0. The normalized spacial score (nSPS) is 10.2. The SMILES string of the molecule is C#Cc1cccc(-c2cc(-n3cncn3)cc(Cl)n2)c1. The first kappa shape index (κ1) is 12.4. The van der Waals surface area contributed by atoms with Gasteiger partial charge in [-0.1, -0.05) is 29.7 Å². The zero-order valence-corrected chi connectivity index (χ0v) is 11.1. The standard InChI is InChI=1S/C15H9ClN4/c1-2-11-4-3-5-12(6-11)14-7-13(8-15(16)19-14)20-10-17-9-18-20/h1,3-10H. The fourth-order valence-corrected chi connectivity index (χ4v) is 2.08. The van der Waals surface area contributed by atoms with E-state index in [-0.39, 0.29) is 0 Å². The van der Waals surface area contributed by atoms with E-state index in [1.165, 1.54) is 6.33 Å². The van der Waals surface area contributed by atoms with E-state index in [1.54, 1.807) is 17.1 Å². The summed E-state index contributed by atoms with van der Waals surface area (Å²) in [5.74, 6) is 2.61. The highest BCUT2D eigenvalue weighted by atomic mass is 35.5. The Bertz CT molecular complexity index is 788. The maximum absolute atomic E-state index is 6.08. The number of terminal acetylenes is 1. The Labute approximate surface area is 121 Å². The van der Waals surface area contributed by atoms with Gasteiger partial charge >= 0.3 is 0 Å². The van der Waals surface area contributed by atoms with E-state index in [0.717, 1.165) is 22.5 Å². The molecule has 0 spiro atoms. The highest BCUT2D eigenvalue weighted by molar-refractivity contribution is 6.29. The molecule has 5 heteroatoms. The van der Waals surface area contributed by atoms with Crippen LogP contribution in [0.4, 0.5) is 0 Å². The molecule has 2 heterocycles.